The van der Waals surface area contributed by atoms with Gasteiger partial charge in [-0.2, -0.15) is 23.5 Å². The molecule has 9 heteroatoms. The van der Waals surface area contributed by atoms with Gasteiger partial charge in [-0.3, -0.25) is 0 Å². The number of carboxylic acids is 2. The van der Waals surface area contributed by atoms with Crippen LogP contribution >= 0.6 is 23.5 Å². The van der Waals surface area contributed by atoms with Crippen molar-refractivity contribution in [2.75, 3.05) is 24.0 Å². The van der Waals surface area contributed by atoms with Gasteiger partial charge in [-0.25, -0.2) is 0 Å². The van der Waals surface area contributed by atoms with Crippen LogP contribution in [0.15, 0.2) is 0 Å². The van der Waals surface area contributed by atoms with E-state index in [0.717, 1.165) is 11.5 Å². The largest absolute Gasteiger partial charge is 2.00 e. The van der Waals surface area contributed by atoms with Gasteiger partial charge in [-0.05, 0) is 36.9 Å². The Morgan fingerprint density at radius 3 is 1.37 bits per heavy atom. The number of aliphatic carboxylic acids is 2. The molecule has 0 saturated carbocycles. The number of hydrogen-bond donors (Lipinski definition) is 2. The number of carbonyl (C=O) groups excluding carboxylic acids is 2. The number of hydrogen-bond acceptors (Lipinski definition) is 8. The van der Waals surface area contributed by atoms with Gasteiger partial charge in [-0.1, -0.05) is 0 Å². The number of carboxylic acid groups (broad SMARTS) is 2. The van der Waals surface area contributed by atoms with E-state index in [2.05, 4.69) is 0 Å². The van der Waals surface area contributed by atoms with Crippen molar-refractivity contribution < 1.29 is 39.3 Å². The van der Waals surface area contributed by atoms with E-state index in [1.807, 2.05) is 12.5 Å². The number of rotatable bonds is 8. The molecular formula is C10H20N2O4S2Zn. The molecular weight excluding hydrogens is 342 g/mol. The van der Waals surface area contributed by atoms with E-state index in [0.29, 0.717) is 12.8 Å². The quantitative estimate of drug-likeness (QED) is 0.458. The van der Waals surface area contributed by atoms with E-state index in [-0.39, 0.29) is 19.5 Å². The molecule has 0 bridgehead atoms. The van der Waals surface area contributed by atoms with Crippen LogP contribution in [0.5, 0.6) is 0 Å². The standard InChI is InChI=1S/2C5H11NO2S.Zn/c2*1-9-3-2-4(6)5(7)8;/h2*4H,2-3,6H2,1H3,(H,7,8);/q;;+2/p-2/t2*4-;/m11./s1. The average molecular weight is 362 g/mol. The van der Waals surface area contributed by atoms with Crippen molar-refractivity contribution in [2.45, 2.75) is 24.9 Å². The normalized spacial score (nSPS) is 12.4. The van der Waals surface area contributed by atoms with Gasteiger partial charge in [0.15, 0.2) is 0 Å². The SMILES string of the molecule is CSCC[C@@H](N)C(=O)[O-].CSCC[C@@H](N)C(=O)[O-].[Zn+2]. The molecule has 19 heavy (non-hydrogen) atoms. The smallest absolute Gasteiger partial charge is 0.548 e. The average Bonchev–Trinajstić information content (AvgIpc) is 2.33. The predicted octanol–water partition coefficient (Wildman–Crippen LogP) is -2.37. The zero-order valence-corrected chi connectivity index (χ0v) is 15.9. The van der Waals surface area contributed by atoms with Gasteiger partial charge in [0, 0.05) is 12.1 Å². The molecule has 0 aromatic carbocycles. The topological polar surface area (TPSA) is 132 Å². The Hall–Kier alpha value is 0.183. The molecule has 0 rings (SSSR count). The number of carbonyl (C=O) groups is 2. The number of thioether (sulfide) groups is 2. The monoisotopic (exact) mass is 360 g/mol. The molecule has 0 radical (unpaired) electrons. The van der Waals surface area contributed by atoms with E-state index in [9.17, 15) is 19.8 Å². The molecule has 6 nitrogen and oxygen atoms in total. The second-order valence-electron chi connectivity index (χ2n) is 3.41. The summed E-state index contributed by atoms with van der Waals surface area (Å²) in [5.74, 6) is -0.780. The zero-order valence-electron chi connectivity index (χ0n) is 11.3. The van der Waals surface area contributed by atoms with Crippen molar-refractivity contribution in [1.82, 2.24) is 0 Å². The van der Waals surface area contributed by atoms with Gasteiger partial charge in [0.05, 0.1) is 11.9 Å². The Labute approximate surface area is 135 Å². The van der Waals surface area contributed by atoms with E-state index in [1.54, 1.807) is 23.5 Å². The van der Waals surface area contributed by atoms with Gasteiger partial charge in [0.1, 0.15) is 0 Å². The van der Waals surface area contributed by atoms with Crippen LogP contribution < -0.4 is 21.7 Å². The minimum atomic E-state index is -1.16. The van der Waals surface area contributed by atoms with Crippen LogP contribution in [0.25, 0.3) is 0 Å². The summed E-state index contributed by atoms with van der Waals surface area (Å²) in [6.07, 6.45) is 4.79. The Bertz CT molecular complexity index is 224. The number of nitrogens with two attached hydrogens (primary N) is 2. The van der Waals surface area contributed by atoms with Crippen molar-refractivity contribution in [3.8, 4) is 0 Å². The maximum absolute atomic E-state index is 9.96. The zero-order chi connectivity index (χ0) is 14.6. The molecule has 0 amide bonds. The second kappa shape index (κ2) is 16.2. The fourth-order valence-corrected chi connectivity index (χ4v) is 1.70. The molecule has 0 saturated heterocycles. The molecule has 0 aromatic heterocycles. The minimum Gasteiger partial charge on any atom is -0.548 e. The molecule has 0 aromatic rings. The molecule has 0 aliphatic heterocycles. The first kappa shape index (κ1) is 24.2. The predicted molar refractivity (Wildman–Crippen MR) is 72.0 cm³/mol. The Balaban J connectivity index is -0.000000256. The summed E-state index contributed by atoms with van der Waals surface area (Å²) in [7, 11) is 0. The summed E-state index contributed by atoms with van der Waals surface area (Å²) < 4.78 is 0. The summed E-state index contributed by atoms with van der Waals surface area (Å²) in [5, 5.41) is 19.9. The van der Waals surface area contributed by atoms with Crippen LogP contribution in [0, 0.1) is 0 Å². The Morgan fingerprint density at radius 1 is 0.947 bits per heavy atom. The maximum atomic E-state index is 9.96. The third-order valence-electron chi connectivity index (χ3n) is 1.87. The summed E-state index contributed by atoms with van der Waals surface area (Å²) in [6.45, 7) is 0. The molecule has 4 N–H and O–H groups in total. The van der Waals surface area contributed by atoms with Crippen molar-refractivity contribution in [2.24, 2.45) is 11.5 Å². The Kier molecular flexibility index (Phi) is 20.7. The van der Waals surface area contributed by atoms with E-state index in [4.69, 9.17) is 11.5 Å². The molecule has 0 aliphatic rings. The summed E-state index contributed by atoms with van der Waals surface area (Å²) in [5.41, 5.74) is 10.3. The molecule has 0 aliphatic carbocycles. The molecule has 0 heterocycles. The van der Waals surface area contributed by atoms with Crippen LogP contribution in [-0.4, -0.2) is 48.0 Å². The van der Waals surface area contributed by atoms with E-state index >= 15 is 0 Å². The first-order valence-electron chi connectivity index (χ1n) is 5.27. The minimum absolute atomic E-state index is 0. The van der Waals surface area contributed by atoms with E-state index < -0.39 is 24.0 Å². The van der Waals surface area contributed by atoms with Crippen LogP contribution in [0.1, 0.15) is 12.8 Å². The van der Waals surface area contributed by atoms with Gasteiger partial charge in [0.2, 0.25) is 0 Å². The summed E-state index contributed by atoms with van der Waals surface area (Å²) in [6, 6.07) is -1.59. The maximum Gasteiger partial charge on any atom is 2.00 e. The molecule has 0 fully saturated rings. The van der Waals surface area contributed by atoms with Crippen molar-refractivity contribution >= 4 is 35.5 Å². The van der Waals surface area contributed by atoms with E-state index in [1.165, 1.54) is 0 Å². The molecule has 0 unspecified atom stereocenters. The molecule has 108 valence electrons. The van der Waals surface area contributed by atoms with Crippen LogP contribution in [0.4, 0.5) is 0 Å². The van der Waals surface area contributed by atoms with Gasteiger partial charge in [-0.15, -0.1) is 0 Å². The van der Waals surface area contributed by atoms with Gasteiger partial charge >= 0.3 is 19.5 Å². The fraction of sp³-hybridized carbons (Fsp3) is 0.800. The van der Waals surface area contributed by atoms with Crippen LogP contribution in [0.3, 0.4) is 0 Å². The fourth-order valence-electron chi connectivity index (χ4n) is 0.725. The van der Waals surface area contributed by atoms with Crippen molar-refractivity contribution in [3.63, 3.8) is 0 Å². The first-order valence-corrected chi connectivity index (χ1v) is 8.06. The molecule has 2 atom stereocenters. The molecule has 0 spiro atoms. The Morgan fingerprint density at radius 2 is 1.21 bits per heavy atom. The van der Waals surface area contributed by atoms with Crippen molar-refractivity contribution in [1.29, 1.82) is 0 Å². The summed E-state index contributed by atoms with van der Waals surface area (Å²) in [4.78, 5) is 19.9. The third kappa shape index (κ3) is 18.2. The van der Waals surface area contributed by atoms with Gasteiger partial charge in [0.25, 0.3) is 0 Å². The summed E-state index contributed by atoms with van der Waals surface area (Å²) >= 11 is 3.15. The van der Waals surface area contributed by atoms with Gasteiger partial charge < -0.3 is 31.3 Å². The third-order valence-corrected chi connectivity index (χ3v) is 3.16. The van der Waals surface area contributed by atoms with Crippen LogP contribution in [0.2, 0.25) is 0 Å². The first-order chi connectivity index (χ1) is 8.36. The van der Waals surface area contributed by atoms with Crippen LogP contribution in [-0.2, 0) is 29.1 Å². The second-order valence-corrected chi connectivity index (χ2v) is 5.39. The van der Waals surface area contributed by atoms with Crippen molar-refractivity contribution in [3.05, 3.63) is 0 Å².